The Labute approximate surface area is 115 Å². The summed E-state index contributed by atoms with van der Waals surface area (Å²) in [7, 11) is 0. The molecule has 1 aliphatic heterocycles. The van der Waals surface area contributed by atoms with E-state index in [0.717, 1.165) is 4.90 Å². The van der Waals surface area contributed by atoms with Gasteiger partial charge in [0.2, 0.25) is 0 Å². The molecule has 2 rings (SSSR count). The lowest BCUT2D eigenvalue weighted by molar-refractivity contribution is -0.115. The van der Waals surface area contributed by atoms with Crippen molar-refractivity contribution in [1.29, 1.82) is 0 Å². The zero-order valence-electron chi connectivity index (χ0n) is 10.2. The topological polar surface area (TPSA) is 58.4 Å². The van der Waals surface area contributed by atoms with E-state index >= 15 is 0 Å². The summed E-state index contributed by atoms with van der Waals surface area (Å²) in [5.74, 6) is -0.268. The van der Waals surface area contributed by atoms with Crippen LogP contribution in [0.3, 0.4) is 0 Å². The van der Waals surface area contributed by atoms with Gasteiger partial charge in [-0.2, -0.15) is 0 Å². The van der Waals surface area contributed by atoms with Gasteiger partial charge in [-0.1, -0.05) is 23.2 Å². The highest BCUT2D eigenvalue weighted by Gasteiger charge is 2.38. The molecule has 18 heavy (non-hydrogen) atoms. The minimum atomic E-state index is -1.11. The van der Waals surface area contributed by atoms with Crippen LogP contribution in [0.1, 0.15) is 26.8 Å². The zero-order valence-corrected chi connectivity index (χ0v) is 11.7. The molecule has 1 amide bonds. The van der Waals surface area contributed by atoms with Gasteiger partial charge in [0.15, 0.2) is 17.2 Å². The van der Waals surface area contributed by atoms with Crippen LogP contribution in [0.25, 0.3) is 0 Å². The van der Waals surface area contributed by atoms with Gasteiger partial charge in [-0.05, 0) is 20.8 Å². The molecule has 98 valence electrons. The van der Waals surface area contributed by atoms with Gasteiger partial charge in [0.1, 0.15) is 5.03 Å². The fourth-order valence-electron chi connectivity index (χ4n) is 1.76. The largest absolute Gasteiger partial charge is 0.369 e. The van der Waals surface area contributed by atoms with Crippen molar-refractivity contribution in [3.63, 3.8) is 0 Å². The Kier molecular flexibility index (Phi) is 3.40. The number of aromatic nitrogens is 2. The van der Waals surface area contributed by atoms with Gasteiger partial charge < -0.3 is 9.67 Å². The molecule has 0 fully saturated rings. The molecular formula is C11H13Cl2N3O2. The smallest absolute Gasteiger partial charge is 0.273 e. The van der Waals surface area contributed by atoms with Crippen LogP contribution in [0.15, 0.2) is 16.9 Å². The summed E-state index contributed by atoms with van der Waals surface area (Å²) < 4.78 is 1.71. The lowest BCUT2D eigenvalue weighted by Gasteiger charge is -2.20. The number of imidazole rings is 1. The van der Waals surface area contributed by atoms with Crippen LogP contribution in [0.5, 0.6) is 0 Å². The minimum absolute atomic E-state index is 0.0117. The van der Waals surface area contributed by atoms with Gasteiger partial charge in [0.25, 0.3) is 5.91 Å². The van der Waals surface area contributed by atoms with Crippen molar-refractivity contribution in [1.82, 2.24) is 9.55 Å². The Bertz CT molecular complexity index is 536. The summed E-state index contributed by atoms with van der Waals surface area (Å²) in [6.45, 7) is 5.48. The van der Waals surface area contributed by atoms with Crippen LogP contribution in [-0.2, 0) is 4.79 Å². The third kappa shape index (κ3) is 1.83. The standard InChI is InChI=1S/C11H13Cl2N3O2/c1-5(2)15-4-14-9(8(15)13)16-10(17)6(3)7(12)11(16)18/h4-5,10,17H,1-3H3. The van der Waals surface area contributed by atoms with Crippen molar-refractivity contribution in [3.05, 3.63) is 22.1 Å². The van der Waals surface area contributed by atoms with Crippen molar-refractivity contribution in [2.75, 3.05) is 4.90 Å². The average Bonchev–Trinajstić information content (AvgIpc) is 2.76. The molecular weight excluding hydrogens is 277 g/mol. The summed E-state index contributed by atoms with van der Waals surface area (Å²) in [5, 5.41) is 10.3. The Hall–Kier alpha value is -1.04. The van der Waals surface area contributed by atoms with Crippen LogP contribution in [0, 0.1) is 0 Å². The molecule has 0 radical (unpaired) electrons. The monoisotopic (exact) mass is 289 g/mol. The van der Waals surface area contributed by atoms with E-state index in [1.807, 2.05) is 13.8 Å². The number of carbonyl (C=O) groups is 1. The molecule has 0 bridgehead atoms. The van der Waals surface area contributed by atoms with Gasteiger partial charge in [0, 0.05) is 11.6 Å². The summed E-state index contributed by atoms with van der Waals surface area (Å²) in [6.07, 6.45) is 0.419. The number of nitrogens with zero attached hydrogens (tertiary/aromatic N) is 3. The van der Waals surface area contributed by atoms with E-state index in [1.54, 1.807) is 11.5 Å². The fraction of sp³-hybridized carbons (Fsp3) is 0.455. The molecule has 0 aliphatic carbocycles. The van der Waals surface area contributed by atoms with Crippen LogP contribution in [0.2, 0.25) is 5.15 Å². The van der Waals surface area contributed by atoms with Crippen LogP contribution < -0.4 is 4.90 Å². The van der Waals surface area contributed by atoms with Gasteiger partial charge in [0.05, 0.1) is 6.33 Å². The van der Waals surface area contributed by atoms with Crippen molar-refractivity contribution in [3.8, 4) is 0 Å². The van der Waals surface area contributed by atoms with Gasteiger partial charge in [-0.25, -0.2) is 4.98 Å². The Morgan fingerprint density at radius 2 is 2.06 bits per heavy atom. The fourth-order valence-corrected chi connectivity index (χ4v) is 2.33. The summed E-state index contributed by atoms with van der Waals surface area (Å²) >= 11 is 12.0. The molecule has 0 saturated carbocycles. The quantitative estimate of drug-likeness (QED) is 0.909. The normalized spacial score (nSPS) is 20.5. The van der Waals surface area contributed by atoms with E-state index in [0.29, 0.717) is 10.7 Å². The second-order valence-electron chi connectivity index (χ2n) is 4.41. The minimum Gasteiger partial charge on any atom is -0.369 e. The van der Waals surface area contributed by atoms with Crippen molar-refractivity contribution in [2.24, 2.45) is 0 Å². The zero-order chi connectivity index (χ0) is 13.6. The highest BCUT2D eigenvalue weighted by atomic mass is 35.5. The lowest BCUT2D eigenvalue weighted by Crippen LogP contribution is -2.35. The van der Waals surface area contributed by atoms with Crippen LogP contribution in [-0.4, -0.2) is 26.8 Å². The number of hydrogen-bond acceptors (Lipinski definition) is 3. The first-order valence-electron chi connectivity index (χ1n) is 5.46. The third-order valence-corrected chi connectivity index (χ3v) is 3.71. The molecule has 1 aliphatic rings. The average molecular weight is 290 g/mol. The number of anilines is 1. The van der Waals surface area contributed by atoms with Gasteiger partial charge >= 0.3 is 0 Å². The van der Waals surface area contributed by atoms with Crippen molar-refractivity contribution >= 4 is 34.9 Å². The molecule has 2 heterocycles. The number of carbonyl (C=O) groups excluding carboxylic acids is 1. The first-order chi connectivity index (χ1) is 8.36. The maximum Gasteiger partial charge on any atom is 0.273 e. The Morgan fingerprint density at radius 3 is 2.44 bits per heavy atom. The van der Waals surface area contributed by atoms with Crippen LogP contribution in [0.4, 0.5) is 5.82 Å². The number of halogens is 2. The maximum atomic E-state index is 11.9. The number of aliphatic hydroxyl groups is 1. The SMILES string of the molecule is CC1=C(Cl)C(=O)N(c2ncn(C(C)C)c2Cl)C1O. The second-order valence-corrected chi connectivity index (χ2v) is 5.14. The molecule has 5 nitrogen and oxygen atoms in total. The summed E-state index contributed by atoms with van der Waals surface area (Å²) in [4.78, 5) is 17.1. The van der Waals surface area contributed by atoms with Gasteiger partial charge in [-0.3, -0.25) is 9.69 Å². The van der Waals surface area contributed by atoms with E-state index in [-0.39, 0.29) is 16.9 Å². The summed E-state index contributed by atoms with van der Waals surface area (Å²) in [5.41, 5.74) is 0.400. The predicted molar refractivity (Wildman–Crippen MR) is 69.7 cm³/mol. The molecule has 0 aromatic carbocycles. The first-order valence-corrected chi connectivity index (χ1v) is 6.22. The van der Waals surface area contributed by atoms with E-state index in [9.17, 15) is 9.90 Å². The highest BCUT2D eigenvalue weighted by molar-refractivity contribution is 6.46. The molecule has 1 aromatic heterocycles. The van der Waals surface area contributed by atoms with Crippen LogP contribution >= 0.6 is 23.2 Å². The molecule has 1 atom stereocenters. The first kappa shape index (κ1) is 13.4. The number of rotatable bonds is 2. The number of amides is 1. The van der Waals surface area contributed by atoms with Crippen molar-refractivity contribution in [2.45, 2.75) is 33.0 Å². The lowest BCUT2D eigenvalue weighted by atomic mass is 10.3. The van der Waals surface area contributed by atoms with E-state index < -0.39 is 12.1 Å². The predicted octanol–water partition coefficient (Wildman–Crippen LogP) is 2.30. The summed E-state index contributed by atoms with van der Waals surface area (Å²) in [6, 6.07) is 0.109. The van der Waals surface area contributed by atoms with E-state index in [4.69, 9.17) is 23.2 Å². The Morgan fingerprint density at radius 1 is 1.44 bits per heavy atom. The highest BCUT2D eigenvalue weighted by Crippen LogP contribution is 2.35. The molecule has 1 N–H and O–H groups in total. The maximum absolute atomic E-state index is 11.9. The third-order valence-electron chi connectivity index (χ3n) is 2.88. The van der Waals surface area contributed by atoms with Crippen molar-refractivity contribution < 1.29 is 9.90 Å². The molecule has 0 spiro atoms. The second kappa shape index (κ2) is 4.57. The molecule has 1 unspecified atom stereocenters. The number of hydrogen-bond donors (Lipinski definition) is 1. The molecule has 1 aromatic rings. The Balaban J connectivity index is 2.43. The number of aliphatic hydroxyl groups excluding tert-OH is 1. The van der Waals surface area contributed by atoms with E-state index in [2.05, 4.69) is 4.98 Å². The van der Waals surface area contributed by atoms with Gasteiger partial charge in [-0.15, -0.1) is 0 Å². The van der Waals surface area contributed by atoms with E-state index in [1.165, 1.54) is 6.33 Å². The molecule has 0 saturated heterocycles. The molecule has 7 heteroatoms.